The van der Waals surface area contributed by atoms with Crippen LogP contribution in [0.5, 0.6) is 0 Å². The van der Waals surface area contributed by atoms with Crippen LogP contribution in [0.15, 0.2) is 39.8 Å². The summed E-state index contributed by atoms with van der Waals surface area (Å²) in [6, 6.07) is 7.35. The second kappa shape index (κ2) is 6.11. The Bertz CT molecular complexity index is 950. The van der Waals surface area contributed by atoms with Crippen LogP contribution in [0, 0.1) is 0 Å². The minimum Gasteiger partial charge on any atom is -0.461 e. The Morgan fingerprint density at radius 3 is 2.88 bits per heavy atom. The predicted octanol–water partition coefficient (Wildman–Crippen LogP) is 3.02. The van der Waals surface area contributed by atoms with Crippen LogP contribution in [-0.4, -0.2) is 21.6 Å². The van der Waals surface area contributed by atoms with Crippen molar-refractivity contribution in [3.05, 3.63) is 40.9 Å². The Morgan fingerprint density at radius 1 is 1.25 bits per heavy atom. The van der Waals surface area contributed by atoms with Gasteiger partial charge in [0.15, 0.2) is 0 Å². The summed E-state index contributed by atoms with van der Waals surface area (Å²) < 4.78 is 12.3. The maximum Gasteiger partial charge on any atom is 0.326 e. The van der Waals surface area contributed by atoms with Crippen molar-refractivity contribution >= 4 is 28.0 Å². The smallest absolute Gasteiger partial charge is 0.326 e. The van der Waals surface area contributed by atoms with Gasteiger partial charge in [-0.2, -0.15) is 0 Å². The monoisotopic (exact) mass is 326 g/mol. The maximum absolute atomic E-state index is 12.5. The van der Waals surface area contributed by atoms with Crippen LogP contribution >= 0.6 is 0 Å². The van der Waals surface area contributed by atoms with E-state index in [4.69, 9.17) is 9.15 Å². The molecule has 1 aromatic carbocycles. The molecule has 0 N–H and O–H groups in total. The van der Waals surface area contributed by atoms with Crippen molar-refractivity contribution < 1.29 is 13.9 Å². The van der Waals surface area contributed by atoms with Crippen LogP contribution in [-0.2, 0) is 16.1 Å². The lowest BCUT2D eigenvalue weighted by molar-refractivity contribution is -0.151. The minimum absolute atomic E-state index is 0.0233. The largest absolute Gasteiger partial charge is 0.461 e. The fourth-order valence-electron chi connectivity index (χ4n) is 3.27. The minimum atomic E-state index is -0.402. The predicted molar refractivity (Wildman–Crippen MR) is 88.7 cm³/mol. The number of fused-ring (bicyclic) bond motifs is 3. The second-order valence-electron chi connectivity index (χ2n) is 6.20. The van der Waals surface area contributed by atoms with Crippen molar-refractivity contribution in [1.82, 2.24) is 9.55 Å². The first-order chi connectivity index (χ1) is 11.7. The number of nitrogens with zero attached hydrogens (tertiary/aromatic N) is 2. The molecule has 1 saturated carbocycles. The summed E-state index contributed by atoms with van der Waals surface area (Å²) >= 11 is 0. The van der Waals surface area contributed by atoms with E-state index in [1.165, 1.54) is 17.3 Å². The molecule has 0 radical (unpaired) electrons. The van der Waals surface area contributed by atoms with Gasteiger partial charge in [-0.25, -0.2) is 4.98 Å². The van der Waals surface area contributed by atoms with Gasteiger partial charge >= 0.3 is 5.97 Å². The van der Waals surface area contributed by atoms with E-state index in [1.807, 2.05) is 18.2 Å². The van der Waals surface area contributed by atoms with E-state index >= 15 is 0 Å². The van der Waals surface area contributed by atoms with E-state index in [9.17, 15) is 9.59 Å². The van der Waals surface area contributed by atoms with Gasteiger partial charge < -0.3 is 9.15 Å². The molecule has 4 rings (SSSR count). The van der Waals surface area contributed by atoms with Crippen molar-refractivity contribution in [2.75, 3.05) is 0 Å². The standard InChI is InChI=1S/C18H18N2O4/c21-15(23-12-6-2-1-3-7-12)10-20-11-19-16-13-8-4-5-9-14(13)24-17(16)18(20)22/h4-5,8-9,11-12H,1-3,6-7,10H2. The molecule has 1 aliphatic carbocycles. The molecule has 1 aliphatic rings. The van der Waals surface area contributed by atoms with E-state index < -0.39 is 5.97 Å². The van der Waals surface area contributed by atoms with Gasteiger partial charge in [-0.1, -0.05) is 18.6 Å². The lowest BCUT2D eigenvalue weighted by Gasteiger charge is -2.21. The first-order valence-electron chi connectivity index (χ1n) is 8.28. The molecule has 0 atom stereocenters. The lowest BCUT2D eigenvalue weighted by Crippen LogP contribution is -2.28. The molecule has 24 heavy (non-hydrogen) atoms. The summed E-state index contributed by atoms with van der Waals surface area (Å²) in [6.07, 6.45) is 6.54. The quantitative estimate of drug-likeness (QED) is 0.692. The number of esters is 1. The molecule has 0 spiro atoms. The van der Waals surface area contributed by atoms with Crippen LogP contribution in [0.1, 0.15) is 32.1 Å². The molecule has 2 heterocycles. The number of benzene rings is 1. The number of hydrogen-bond donors (Lipinski definition) is 0. The molecule has 0 aliphatic heterocycles. The number of carbonyl (C=O) groups excluding carboxylic acids is 1. The summed E-state index contributed by atoms with van der Waals surface area (Å²) in [6.45, 7) is -0.144. The third-order valence-electron chi connectivity index (χ3n) is 4.50. The maximum atomic E-state index is 12.5. The van der Waals surface area contributed by atoms with Gasteiger partial charge in [0.1, 0.15) is 23.7 Å². The van der Waals surface area contributed by atoms with Gasteiger partial charge in [-0.05, 0) is 37.8 Å². The Balaban J connectivity index is 1.60. The molecular weight excluding hydrogens is 308 g/mol. The summed E-state index contributed by atoms with van der Waals surface area (Å²) in [5.74, 6) is -0.402. The molecule has 0 amide bonds. The molecule has 6 nitrogen and oxygen atoms in total. The van der Waals surface area contributed by atoms with Gasteiger partial charge in [-0.3, -0.25) is 14.2 Å². The van der Waals surface area contributed by atoms with E-state index in [0.29, 0.717) is 11.1 Å². The Labute approximate surface area is 138 Å². The highest BCUT2D eigenvalue weighted by atomic mass is 16.5. The second-order valence-corrected chi connectivity index (χ2v) is 6.20. The van der Waals surface area contributed by atoms with Crippen LogP contribution in [0.3, 0.4) is 0 Å². The summed E-state index contributed by atoms with van der Waals surface area (Å²) in [5.41, 5.74) is 0.938. The van der Waals surface area contributed by atoms with E-state index in [2.05, 4.69) is 4.98 Å². The van der Waals surface area contributed by atoms with Crippen molar-refractivity contribution in [3.63, 3.8) is 0 Å². The number of hydrogen-bond acceptors (Lipinski definition) is 5. The Hall–Kier alpha value is -2.63. The Kier molecular flexibility index (Phi) is 3.80. The van der Waals surface area contributed by atoms with E-state index in [-0.39, 0.29) is 23.8 Å². The van der Waals surface area contributed by atoms with Crippen molar-refractivity contribution in [3.8, 4) is 0 Å². The van der Waals surface area contributed by atoms with Gasteiger partial charge in [0.2, 0.25) is 5.58 Å². The third-order valence-corrected chi connectivity index (χ3v) is 4.50. The first kappa shape index (κ1) is 14.9. The zero-order valence-electron chi connectivity index (χ0n) is 13.2. The first-order valence-corrected chi connectivity index (χ1v) is 8.28. The lowest BCUT2D eigenvalue weighted by atomic mass is 9.98. The molecule has 2 aromatic heterocycles. The van der Waals surface area contributed by atoms with Crippen LogP contribution in [0.2, 0.25) is 0 Å². The van der Waals surface area contributed by atoms with Gasteiger partial charge in [0, 0.05) is 5.39 Å². The average molecular weight is 326 g/mol. The van der Waals surface area contributed by atoms with E-state index in [1.54, 1.807) is 6.07 Å². The highest BCUT2D eigenvalue weighted by Gasteiger charge is 2.19. The SMILES string of the molecule is O=C(Cn1cnc2c(oc3ccccc32)c1=O)OC1CCCCC1. The van der Waals surface area contributed by atoms with Crippen LogP contribution < -0.4 is 5.56 Å². The fraction of sp³-hybridized carbons (Fsp3) is 0.389. The highest BCUT2D eigenvalue weighted by molar-refractivity contribution is 6.01. The highest BCUT2D eigenvalue weighted by Crippen LogP contribution is 2.24. The normalized spacial score (nSPS) is 15.8. The average Bonchev–Trinajstić information content (AvgIpc) is 2.98. The van der Waals surface area contributed by atoms with Gasteiger partial charge in [-0.15, -0.1) is 0 Å². The molecule has 0 unspecified atom stereocenters. The van der Waals surface area contributed by atoms with Gasteiger partial charge in [0.25, 0.3) is 5.56 Å². The molecule has 0 bridgehead atoms. The van der Waals surface area contributed by atoms with Crippen molar-refractivity contribution in [2.45, 2.75) is 44.8 Å². The fourth-order valence-corrected chi connectivity index (χ4v) is 3.27. The molecule has 1 fully saturated rings. The molecule has 124 valence electrons. The van der Waals surface area contributed by atoms with E-state index in [0.717, 1.165) is 31.1 Å². The molecule has 6 heteroatoms. The number of rotatable bonds is 3. The third kappa shape index (κ3) is 2.68. The molecule has 3 aromatic rings. The molecule has 0 saturated heterocycles. The van der Waals surface area contributed by atoms with Crippen LogP contribution in [0.4, 0.5) is 0 Å². The zero-order valence-corrected chi connectivity index (χ0v) is 13.2. The summed E-state index contributed by atoms with van der Waals surface area (Å²) in [5, 5.41) is 0.793. The number of aromatic nitrogens is 2. The summed E-state index contributed by atoms with van der Waals surface area (Å²) in [4.78, 5) is 28.9. The Morgan fingerprint density at radius 2 is 2.04 bits per heavy atom. The number of carbonyl (C=O) groups is 1. The van der Waals surface area contributed by atoms with Gasteiger partial charge in [0.05, 0.1) is 6.33 Å². The number of para-hydroxylation sites is 1. The van der Waals surface area contributed by atoms with Crippen molar-refractivity contribution in [2.24, 2.45) is 0 Å². The number of furan rings is 1. The zero-order chi connectivity index (χ0) is 16.5. The summed E-state index contributed by atoms with van der Waals surface area (Å²) in [7, 11) is 0. The topological polar surface area (TPSA) is 74.3 Å². The molecular formula is C18H18N2O4. The van der Waals surface area contributed by atoms with Crippen LogP contribution in [0.25, 0.3) is 22.1 Å². The number of ether oxygens (including phenoxy) is 1. The van der Waals surface area contributed by atoms with Crippen molar-refractivity contribution in [1.29, 1.82) is 0 Å².